The summed E-state index contributed by atoms with van der Waals surface area (Å²) >= 11 is 0. The number of rotatable bonds is 4. The van der Waals surface area contributed by atoms with Crippen LogP contribution in [0, 0.1) is 11.6 Å². The van der Waals surface area contributed by atoms with Crippen LogP contribution in [-0.2, 0) is 16.1 Å². The van der Waals surface area contributed by atoms with Gasteiger partial charge in [-0.1, -0.05) is 0 Å². The third-order valence-electron chi connectivity index (χ3n) is 2.91. The number of carbonyl (C=O) groups is 1. The topological polar surface area (TPSA) is 50.4 Å². The minimum absolute atomic E-state index is 0. The number of nitrogens with one attached hydrogen (secondary N) is 2. The molecule has 1 fully saturated rings. The highest BCUT2D eigenvalue weighted by molar-refractivity contribution is 5.85. The van der Waals surface area contributed by atoms with Crippen molar-refractivity contribution in [1.82, 2.24) is 10.6 Å². The van der Waals surface area contributed by atoms with Gasteiger partial charge in [0.1, 0.15) is 11.6 Å². The van der Waals surface area contributed by atoms with E-state index in [1.54, 1.807) is 0 Å². The lowest BCUT2D eigenvalue weighted by molar-refractivity contribution is -0.122. The highest BCUT2D eigenvalue weighted by atomic mass is 35.5. The number of amides is 1. The number of hydrogen-bond donors (Lipinski definition) is 2. The van der Waals surface area contributed by atoms with Gasteiger partial charge in [0, 0.05) is 31.1 Å². The van der Waals surface area contributed by atoms with Gasteiger partial charge in [0.25, 0.3) is 0 Å². The predicted molar refractivity (Wildman–Crippen MR) is 72.7 cm³/mol. The number of carbonyl (C=O) groups excluding carboxylic acids is 1. The van der Waals surface area contributed by atoms with Gasteiger partial charge in [-0.15, -0.1) is 12.4 Å². The molecule has 4 nitrogen and oxygen atoms in total. The molecule has 1 aliphatic heterocycles. The molecule has 0 spiro atoms. The minimum Gasteiger partial charge on any atom is -0.378 e. The normalized spacial score (nSPS) is 18.2. The number of benzene rings is 1. The molecular formula is C13H17ClF2N2O2. The summed E-state index contributed by atoms with van der Waals surface area (Å²) in [6.45, 7) is 1.83. The zero-order valence-electron chi connectivity index (χ0n) is 10.8. The summed E-state index contributed by atoms with van der Waals surface area (Å²) in [5, 5.41) is 5.72. The Morgan fingerprint density at radius 3 is 2.95 bits per heavy atom. The first-order valence-electron chi connectivity index (χ1n) is 6.17. The maximum atomic E-state index is 13.3. The Kier molecular flexibility index (Phi) is 6.84. The third kappa shape index (κ3) is 5.03. The van der Waals surface area contributed by atoms with E-state index < -0.39 is 11.6 Å². The van der Waals surface area contributed by atoms with Crippen LogP contribution in [0.15, 0.2) is 18.2 Å². The first-order chi connectivity index (χ1) is 9.15. The molecule has 0 aromatic heterocycles. The van der Waals surface area contributed by atoms with Gasteiger partial charge < -0.3 is 15.4 Å². The van der Waals surface area contributed by atoms with Gasteiger partial charge in [0.2, 0.25) is 5.91 Å². The standard InChI is InChI=1S/C13H16F2N2O2.ClH/c14-10-1-2-12(15)9(5-10)7-17-13(18)6-11-8-19-4-3-16-11;/h1-2,5,11,16H,3-4,6-8H2,(H,17,18);1H. The fourth-order valence-electron chi connectivity index (χ4n) is 1.92. The molecule has 7 heteroatoms. The molecule has 0 radical (unpaired) electrons. The Hall–Kier alpha value is -1.24. The van der Waals surface area contributed by atoms with Crippen molar-refractivity contribution < 1.29 is 18.3 Å². The molecule has 1 aliphatic rings. The lowest BCUT2D eigenvalue weighted by atomic mass is 10.1. The molecule has 0 saturated carbocycles. The van der Waals surface area contributed by atoms with Crippen LogP contribution in [0.3, 0.4) is 0 Å². The first-order valence-corrected chi connectivity index (χ1v) is 6.17. The Morgan fingerprint density at radius 1 is 1.45 bits per heavy atom. The van der Waals surface area contributed by atoms with Gasteiger partial charge in [-0.3, -0.25) is 4.79 Å². The van der Waals surface area contributed by atoms with Crippen molar-refractivity contribution in [2.24, 2.45) is 0 Å². The van der Waals surface area contributed by atoms with E-state index in [2.05, 4.69) is 10.6 Å². The van der Waals surface area contributed by atoms with Crippen molar-refractivity contribution in [3.05, 3.63) is 35.4 Å². The predicted octanol–water partition coefficient (Wildman–Crippen LogP) is 1.38. The van der Waals surface area contributed by atoms with Crippen LogP contribution in [0.5, 0.6) is 0 Å². The van der Waals surface area contributed by atoms with E-state index >= 15 is 0 Å². The number of morpholine rings is 1. The number of hydrogen-bond acceptors (Lipinski definition) is 3. The van der Waals surface area contributed by atoms with Crippen LogP contribution < -0.4 is 10.6 Å². The van der Waals surface area contributed by atoms with E-state index in [4.69, 9.17) is 4.74 Å². The van der Waals surface area contributed by atoms with Crippen LogP contribution in [0.4, 0.5) is 8.78 Å². The quantitative estimate of drug-likeness (QED) is 0.884. The van der Waals surface area contributed by atoms with Gasteiger partial charge in [0.15, 0.2) is 0 Å². The summed E-state index contributed by atoms with van der Waals surface area (Å²) < 4.78 is 31.5. The maximum Gasteiger partial charge on any atom is 0.221 e. The molecule has 1 amide bonds. The fraction of sp³-hybridized carbons (Fsp3) is 0.462. The van der Waals surface area contributed by atoms with E-state index in [1.165, 1.54) is 0 Å². The molecule has 0 bridgehead atoms. The molecule has 1 aromatic rings. The largest absolute Gasteiger partial charge is 0.378 e. The van der Waals surface area contributed by atoms with Crippen molar-refractivity contribution in [1.29, 1.82) is 0 Å². The molecule has 2 rings (SSSR count). The lowest BCUT2D eigenvalue weighted by Gasteiger charge is -2.23. The van der Waals surface area contributed by atoms with E-state index in [1.807, 2.05) is 0 Å². The summed E-state index contributed by atoms with van der Waals surface area (Å²) in [4.78, 5) is 11.7. The average molecular weight is 307 g/mol. The SMILES string of the molecule is Cl.O=C(CC1COCCN1)NCc1cc(F)ccc1F. The first kappa shape index (κ1) is 16.8. The average Bonchev–Trinajstić information content (AvgIpc) is 2.41. The molecule has 1 saturated heterocycles. The molecule has 1 aromatic carbocycles. The molecule has 1 atom stereocenters. The zero-order valence-corrected chi connectivity index (χ0v) is 11.6. The third-order valence-corrected chi connectivity index (χ3v) is 2.91. The van der Waals surface area contributed by atoms with Gasteiger partial charge >= 0.3 is 0 Å². The van der Waals surface area contributed by atoms with Gasteiger partial charge in [-0.25, -0.2) is 8.78 Å². The smallest absolute Gasteiger partial charge is 0.221 e. The van der Waals surface area contributed by atoms with Gasteiger partial charge in [-0.05, 0) is 18.2 Å². The van der Waals surface area contributed by atoms with Crippen molar-refractivity contribution in [2.75, 3.05) is 19.8 Å². The van der Waals surface area contributed by atoms with E-state index in [9.17, 15) is 13.6 Å². The monoisotopic (exact) mass is 306 g/mol. The Labute approximate surface area is 122 Å². The molecule has 20 heavy (non-hydrogen) atoms. The van der Waals surface area contributed by atoms with E-state index in [0.717, 1.165) is 24.7 Å². The Morgan fingerprint density at radius 2 is 2.25 bits per heavy atom. The van der Waals surface area contributed by atoms with E-state index in [0.29, 0.717) is 13.2 Å². The minimum atomic E-state index is -0.527. The number of ether oxygens (including phenoxy) is 1. The van der Waals surface area contributed by atoms with Crippen molar-refractivity contribution in [3.63, 3.8) is 0 Å². The van der Waals surface area contributed by atoms with Crippen LogP contribution >= 0.6 is 12.4 Å². The summed E-state index contributed by atoms with van der Waals surface area (Å²) in [6.07, 6.45) is 0.261. The summed E-state index contributed by atoms with van der Waals surface area (Å²) in [5.41, 5.74) is 0.140. The molecular weight excluding hydrogens is 290 g/mol. The second-order valence-electron chi connectivity index (χ2n) is 4.44. The lowest BCUT2D eigenvalue weighted by Crippen LogP contribution is -2.44. The molecule has 1 heterocycles. The Bertz CT molecular complexity index is 454. The second kappa shape index (κ2) is 8.14. The van der Waals surface area contributed by atoms with Crippen molar-refractivity contribution in [2.45, 2.75) is 19.0 Å². The number of halogens is 3. The molecule has 2 N–H and O–H groups in total. The second-order valence-corrected chi connectivity index (χ2v) is 4.44. The van der Waals surface area contributed by atoms with Crippen LogP contribution in [0.1, 0.15) is 12.0 Å². The van der Waals surface area contributed by atoms with Gasteiger partial charge in [0.05, 0.1) is 13.2 Å². The van der Waals surface area contributed by atoms with Crippen LogP contribution in [0.25, 0.3) is 0 Å². The molecule has 1 unspecified atom stereocenters. The summed E-state index contributed by atoms with van der Waals surface area (Å²) in [6, 6.07) is 3.15. The summed E-state index contributed by atoms with van der Waals surface area (Å²) in [5.74, 6) is -1.26. The van der Waals surface area contributed by atoms with E-state index in [-0.39, 0.29) is 42.9 Å². The fourth-order valence-corrected chi connectivity index (χ4v) is 1.92. The highest BCUT2D eigenvalue weighted by Gasteiger charge is 2.16. The van der Waals surface area contributed by atoms with Gasteiger partial charge in [-0.2, -0.15) is 0 Å². The van der Waals surface area contributed by atoms with Crippen molar-refractivity contribution in [3.8, 4) is 0 Å². The highest BCUT2D eigenvalue weighted by Crippen LogP contribution is 2.09. The maximum absolute atomic E-state index is 13.3. The van der Waals surface area contributed by atoms with Crippen LogP contribution in [0.2, 0.25) is 0 Å². The Balaban J connectivity index is 0.00000200. The molecule has 0 aliphatic carbocycles. The van der Waals surface area contributed by atoms with Crippen LogP contribution in [-0.4, -0.2) is 31.7 Å². The molecule has 112 valence electrons. The van der Waals surface area contributed by atoms with Crippen molar-refractivity contribution >= 4 is 18.3 Å². The summed E-state index contributed by atoms with van der Waals surface area (Å²) in [7, 11) is 0. The zero-order chi connectivity index (χ0) is 13.7.